The summed E-state index contributed by atoms with van der Waals surface area (Å²) in [6.07, 6.45) is 4.52. The number of benzene rings is 1. The Kier molecular flexibility index (Phi) is 5.34. The van der Waals surface area contributed by atoms with Crippen LogP contribution in [0.5, 0.6) is 5.75 Å². The molecule has 2 rings (SSSR count). The fourth-order valence-corrected chi connectivity index (χ4v) is 1.98. The molecule has 0 amide bonds. The number of para-hydroxylation sites is 1. The van der Waals surface area contributed by atoms with Crippen molar-refractivity contribution in [2.75, 3.05) is 6.61 Å². The predicted octanol–water partition coefficient (Wildman–Crippen LogP) is 3.59. The van der Waals surface area contributed by atoms with E-state index in [9.17, 15) is 0 Å². The molecule has 3 nitrogen and oxygen atoms in total. The van der Waals surface area contributed by atoms with Gasteiger partial charge in [-0.2, -0.15) is 0 Å². The smallest absolute Gasteiger partial charge is 0.123 e. The van der Waals surface area contributed by atoms with E-state index >= 15 is 0 Å². The third-order valence-electron chi connectivity index (χ3n) is 3.18. The Bertz CT molecular complexity index is 547. The minimum Gasteiger partial charge on any atom is -0.493 e. The monoisotopic (exact) mass is 284 g/mol. The molecule has 1 aromatic carbocycles. The summed E-state index contributed by atoms with van der Waals surface area (Å²) in [6.45, 7) is 7.99. The largest absolute Gasteiger partial charge is 0.493 e. The van der Waals surface area contributed by atoms with E-state index in [4.69, 9.17) is 4.74 Å². The topological polar surface area (TPSA) is 34.1 Å². The quantitative estimate of drug-likeness (QED) is 0.880. The van der Waals surface area contributed by atoms with Crippen LogP contribution in [0.2, 0.25) is 0 Å². The van der Waals surface area contributed by atoms with E-state index in [-0.39, 0.29) is 5.54 Å². The van der Waals surface area contributed by atoms with Gasteiger partial charge in [0.05, 0.1) is 6.61 Å². The SMILES string of the molecule is CC(C)(C)NCc1ccccc1OCCc1ccncc1. The molecule has 112 valence electrons. The Labute approximate surface area is 127 Å². The number of nitrogens with one attached hydrogen (secondary N) is 1. The van der Waals surface area contributed by atoms with E-state index in [1.165, 1.54) is 11.1 Å². The van der Waals surface area contributed by atoms with E-state index in [1.807, 2.05) is 36.7 Å². The average molecular weight is 284 g/mol. The summed E-state index contributed by atoms with van der Waals surface area (Å²) >= 11 is 0. The van der Waals surface area contributed by atoms with Crippen LogP contribution < -0.4 is 10.1 Å². The second-order valence-corrected chi connectivity index (χ2v) is 6.17. The maximum Gasteiger partial charge on any atom is 0.123 e. The Morgan fingerprint density at radius 1 is 1.05 bits per heavy atom. The van der Waals surface area contributed by atoms with E-state index in [0.717, 1.165) is 18.7 Å². The summed E-state index contributed by atoms with van der Waals surface area (Å²) in [5.41, 5.74) is 2.54. The lowest BCUT2D eigenvalue weighted by Crippen LogP contribution is -2.35. The van der Waals surface area contributed by atoms with Gasteiger partial charge in [-0.3, -0.25) is 4.98 Å². The molecule has 1 aromatic heterocycles. The third kappa shape index (κ3) is 5.56. The van der Waals surface area contributed by atoms with Crippen molar-refractivity contribution >= 4 is 0 Å². The van der Waals surface area contributed by atoms with Gasteiger partial charge in [-0.25, -0.2) is 0 Å². The summed E-state index contributed by atoms with van der Waals surface area (Å²) in [5.74, 6) is 0.961. The highest BCUT2D eigenvalue weighted by atomic mass is 16.5. The molecular weight excluding hydrogens is 260 g/mol. The molecule has 0 aliphatic rings. The van der Waals surface area contributed by atoms with Crippen LogP contribution in [0.4, 0.5) is 0 Å². The zero-order valence-electron chi connectivity index (χ0n) is 13.1. The van der Waals surface area contributed by atoms with Crippen molar-refractivity contribution < 1.29 is 4.74 Å². The van der Waals surface area contributed by atoms with Crippen LogP contribution in [0.3, 0.4) is 0 Å². The van der Waals surface area contributed by atoms with Crippen LogP contribution in [0.15, 0.2) is 48.8 Å². The molecule has 0 atom stereocenters. The van der Waals surface area contributed by atoms with Gasteiger partial charge < -0.3 is 10.1 Å². The number of aromatic nitrogens is 1. The molecule has 0 saturated carbocycles. The number of ether oxygens (including phenoxy) is 1. The van der Waals surface area contributed by atoms with Crippen molar-refractivity contribution in [3.63, 3.8) is 0 Å². The summed E-state index contributed by atoms with van der Waals surface area (Å²) in [5, 5.41) is 3.50. The molecule has 0 unspecified atom stereocenters. The Balaban J connectivity index is 1.90. The minimum absolute atomic E-state index is 0.101. The number of rotatable bonds is 6. The summed E-state index contributed by atoms with van der Waals surface area (Å²) < 4.78 is 5.95. The molecule has 0 radical (unpaired) electrons. The van der Waals surface area contributed by atoms with Crippen molar-refractivity contribution in [3.8, 4) is 5.75 Å². The number of hydrogen-bond donors (Lipinski definition) is 1. The second-order valence-electron chi connectivity index (χ2n) is 6.17. The molecule has 0 bridgehead atoms. The molecule has 0 saturated heterocycles. The molecule has 2 aromatic rings. The van der Waals surface area contributed by atoms with Gasteiger partial charge in [0.1, 0.15) is 5.75 Å². The highest BCUT2D eigenvalue weighted by Gasteiger charge is 2.10. The van der Waals surface area contributed by atoms with Gasteiger partial charge in [0.2, 0.25) is 0 Å². The van der Waals surface area contributed by atoms with Gasteiger partial charge in [-0.15, -0.1) is 0 Å². The molecule has 1 N–H and O–H groups in total. The van der Waals surface area contributed by atoms with Crippen molar-refractivity contribution in [2.45, 2.75) is 39.3 Å². The van der Waals surface area contributed by atoms with Gasteiger partial charge in [-0.1, -0.05) is 18.2 Å². The van der Waals surface area contributed by atoms with Crippen LogP contribution >= 0.6 is 0 Å². The van der Waals surface area contributed by atoms with E-state index in [1.54, 1.807) is 0 Å². The molecule has 0 aliphatic heterocycles. The van der Waals surface area contributed by atoms with E-state index in [2.05, 4.69) is 43.2 Å². The standard InChI is InChI=1S/C18H24N2O/c1-18(2,3)20-14-16-6-4-5-7-17(16)21-13-10-15-8-11-19-12-9-15/h4-9,11-12,20H,10,13-14H2,1-3H3. The lowest BCUT2D eigenvalue weighted by Gasteiger charge is -2.21. The van der Waals surface area contributed by atoms with Gasteiger partial charge in [0.15, 0.2) is 0 Å². The Morgan fingerprint density at radius 3 is 2.48 bits per heavy atom. The Morgan fingerprint density at radius 2 is 1.76 bits per heavy atom. The first-order valence-electron chi connectivity index (χ1n) is 7.39. The van der Waals surface area contributed by atoms with Crippen molar-refractivity contribution in [1.82, 2.24) is 10.3 Å². The average Bonchev–Trinajstić information content (AvgIpc) is 2.46. The van der Waals surface area contributed by atoms with Gasteiger partial charge >= 0.3 is 0 Å². The fourth-order valence-electron chi connectivity index (χ4n) is 1.98. The lowest BCUT2D eigenvalue weighted by molar-refractivity contribution is 0.315. The van der Waals surface area contributed by atoms with Crippen LogP contribution in [0.25, 0.3) is 0 Å². The molecule has 0 spiro atoms. The molecule has 1 heterocycles. The van der Waals surface area contributed by atoms with Crippen LogP contribution in [0, 0.1) is 0 Å². The summed E-state index contributed by atoms with van der Waals surface area (Å²) in [6, 6.07) is 12.3. The highest BCUT2D eigenvalue weighted by Crippen LogP contribution is 2.19. The second kappa shape index (κ2) is 7.23. The number of hydrogen-bond acceptors (Lipinski definition) is 3. The maximum atomic E-state index is 5.95. The first-order valence-corrected chi connectivity index (χ1v) is 7.39. The summed E-state index contributed by atoms with van der Waals surface area (Å²) in [7, 11) is 0. The van der Waals surface area contributed by atoms with Crippen LogP contribution in [0.1, 0.15) is 31.9 Å². The molecule has 3 heteroatoms. The molecule has 0 fully saturated rings. The Hall–Kier alpha value is -1.87. The van der Waals surface area contributed by atoms with Crippen LogP contribution in [-0.2, 0) is 13.0 Å². The molecular formula is C18H24N2O. The first-order chi connectivity index (χ1) is 10.0. The third-order valence-corrected chi connectivity index (χ3v) is 3.18. The van der Waals surface area contributed by atoms with Crippen molar-refractivity contribution in [2.24, 2.45) is 0 Å². The van der Waals surface area contributed by atoms with Crippen molar-refractivity contribution in [3.05, 3.63) is 59.9 Å². The van der Waals surface area contributed by atoms with E-state index in [0.29, 0.717) is 6.61 Å². The normalized spacial score (nSPS) is 11.4. The van der Waals surface area contributed by atoms with Gasteiger partial charge in [-0.05, 0) is 44.5 Å². The molecule has 21 heavy (non-hydrogen) atoms. The minimum atomic E-state index is 0.101. The maximum absolute atomic E-state index is 5.95. The lowest BCUT2D eigenvalue weighted by atomic mass is 10.1. The van der Waals surface area contributed by atoms with E-state index < -0.39 is 0 Å². The highest BCUT2D eigenvalue weighted by molar-refractivity contribution is 5.33. The molecule has 0 aliphatic carbocycles. The van der Waals surface area contributed by atoms with Crippen LogP contribution in [-0.4, -0.2) is 17.1 Å². The van der Waals surface area contributed by atoms with Gasteiger partial charge in [0, 0.05) is 36.5 Å². The zero-order chi connectivity index (χ0) is 15.1. The fraction of sp³-hybridized carbons (Fsp3) is 0.389. The van der Waals surface area contributed by atoms with Crippen molar-refractivity contribution in [1.29, 1.82) is 0 Å². The zero-order valence-corrected chi connectivity index (χ0v) is 13.1. The van der Waals surface area contributed by atoms with Gasteiger partial charge in [0.25, 0.3) is 0 Å². The summed E-state index contributed by atoms with van der Waals surface area (Å²) in [4.78, 5) is 4.02. The number of nitrogens with zero attached hydrogens (tertiary/aromatic N) is 1. The number of pyridine rings is 1. The predicted molar refractivity (Wildman–Crippen MR) is 86.5 cm³/mol. The first kappa shape index (κ1) is 15.5.